The van der Waals surface area contributed by atoms with Crippen LogP contribution in [0.25, 0.3) is 0 Å². The van der Waals surface area contributed by atoms with Crippen LogP contribution >= 0.6 is 15.9 Å². The van der Waals surface area contributed by atoms with Crippen molar-refractivity contribution in [3.63, 3.8) is 0 Å². The first-order valence-electron chi connectivity index (χ1n) is 7.18. The molecule has 2 rings (SSSR count). The first-order valence-corrected chi connectivity index (χ1v) is 7.97. The number of methoxy groups -OCH3 is 1. The first kappa shape index (κ1) is 17.8. The molecule has 6 nitrogen and oxygen atoms in total. The highest BCUT2D eigenvalue weighted by Gasteiger charge is 2.11. The number of rotatable bonds is 6. The van der Waals surface area contributed by atoms with Gasteiger partial charge in [0.2, 0.25) is 0 Å². The summed E-state index contributed by atoms with van der Waals surface area (Å²) in [7, 11) is 1.56. The predicted molar refractivity (Wildman–Crippen MR) is 95.0 cm³/mol. The number of carbonyl (C=O) groups is 1. The SMILES string of the molecule is CCOc1cc(/C=N/NC(=O)c2ccccc2O)cc(Br)c1OC. The molecule has 2 N–H and O–H groups in total. The smallest absolute Gasteiger partial charge is 0.275 e. The van der Waals surface area contributed by atoms with Gasteiger partial charge < -0.3 is 14.6 Å². The lowest BCUT2D eigenvalue weighted by Crippen LogP contribution is -2.17. The molecule has 2 aromatic carbocycles. The third kappa shape index (κ3) is 4.26. The standard InChI is InChI=1S/C17H17BrN2O4/c1-3-24-15-9-11(8-13(18)16(15)23-2)10-19-20-17(22)12-6-4-5-7-14(12)21/h4-10,21H,3H2,1-2H3,(H,20,22)/b19-10+. The van der Waals surface area contributed by atoms with Gasteiger partial charge in [0, 0.05) is 0 Å². The van der Waals surface area contributed by atoms with E-state index in [0.717, 1.165) is 0 Å². The molecule has 24 heavy (non-hydrogen) atoms. The van der Waals surface area contributed by atoms with E-state index in [1.165, 1.54) is 18.3 Å². The van der Waals surface area contributed by atoms with Crippen LogP contribution < -0.4 is 14.9 Å². The zero-order chi connectivity index (χ0) is 17.5. The van der Waals surface area contributed by atoms with Gasteiger partial charge in [-0.25, -0.2) is 5.43 Å². The van der Waals surface area contributed by atoms with Crippen LogP contribution in [-0.4, -0.2) is 30.9 Å². The van der Waals surface area contributed by atoms with E-state index in [4.69, 9.17) is 9.47 Å². The van der Waals surface area contributed by atoms with E-state index in [1.54, 1.807) is 31.4 Å². The van der Waals surface area contributed by atoms with Crippen molar-refractivity contribution in [2.45, 2.75) is 6.92 Å². The number of halogens is 1. The molecule has 126 valence electrons. The van der Waals surface area contributed by atoms with Gasteiger partial charge in [-0.2, -0.15) is 5.10 Å². The number of hydrazone groups is 1. The molecular weight excluding hydrogens is 376 g/mol. The lowest BCUT2D eigenvalue weighted by molar-refractivity contribution is 0.0952. The maximum absolute atomic E-state index is 12.0. The number of carbonyl (C=O) groups excluding carboxylic acids is 1. The number of phenolic OH excluding ortho intramolecular Hbond substituents is 1. The quantitative estimate of drug-likeness (QED) is 0.583. The highest BCUT2D eigenvalue weighted by atomic mass is 79.9. The summed E-state index contributed by atoms with van der Waals surface area (Å²) in [6.07, 6.45) is 1.48. The molecule has 0 aromatic heterocycles. The molecule has 0 radical (unpaired) electrons. The molecular formula is C17H17BrN2O4. The molecule has 0 bridgehead atoms. The van der Waals surface area contributed by atoms with Crippen LogP contribution in [0.5, 0.6) is 17.2 Å². The third-order valence-corrected chi connectivity index (χ3v) is 3.65. The van der Waals surface area contributed by atoms with Crippen molar-refractivity contribution >= 4 is 28.1 Å². The Balaban J connectivity index is 2.14. The number of nitrogens with zero attached hydrogens (tertiary/aromatic N) is 1. The minimum Gasteiger partial charge on any atom is -0.507 e. The van der Waals surface area contributed by atoms with Gasteiger partial charge >= 0.3 is 0 Å². The van der Waals surface area contributed by atoms with E-state index in [2.05, 4.69) is 26.5 Å². The summed E-state index contributed by atoms with van der Waals surface area (Å²) in [5.74, 6) is 0.563. The molecule has 0 aliphatic heterocycles. The van der Waals surface area contributed by atoms with E-state index < -0.39 is 5.91 Å². The predicted octanol–water partition coefficient (Wildman–Crippen LogP) is 3.33. The van der Waals surface area contributed by atoms with Crippen molar-refractivity contribution in [3.8, 4) is 17.2 Å². The number of nitrogens with one attached hydrogen (secondary N) is 1. The number of hydrogen-bond donors (Lipinski definition) is 2. The monoisotopic (exact) mass is 392 g/mol. The summed E-state index contributed by atoms with van der Waals surface area (Å²) in [6, 6.07) is 9.79. The summed E-state index contributed by atoms with van der Waals surface area (Å²) in [6.45, 7) is 2.37. The lowest BCUT2D eigenvalue weighted by atomic mass is 10.2. The number of phenols is 1. The molecule has 0 atom stereocenters. The van der Waals surface area contributed by atoms with E-state index in [0.29, 0.717) is 28.1 Å². The van der Waals surface area contributed by atoms with Crippen LogP contribution in [0.4, 0.5) is 0 Å². The average molecular weight is 393 g/mol. The van der Waals surface area contributed by atoms with Gasteiger partial charge in [0.1, 0.15) is 5.75 Å². The Hall–Kier alpha value is -2.54. The first-order chi connectivity index (χ1) is 11.6. The van der Waals surface area contributed by atoms with Crippen LogP contribution in [-0.2, 0) is 0 Å². The number of hydrogen-bond acceptors (Lipinski definition) is 5. The van der Waals surface area contributed by atoms with Crippen molar-refractivity contribution < 1.29 is 19.4 Å². The molecule has 0 saturated heterocycles. The van der Waals surface area contributed by atoms with Gasteiger partial charge in [-0.1, -0.05) is 12.1 Å². The fraction of sp³-hybridized carbons (Fsp3) is 0.176. The van der Waals surface area contributed by atoms with Crippen LogP contribution in [0.3, 0.4) is 0 Å². The molecule has 0 fully saturated rings. The van der Waals surface area contributed by atoms with E-state index >= 15 is 0 Å². The number of ether oxygens (including phenoxy) is 2. The van der Waals surface area contributed by atoms with Crippen molar-refractivity contribution in [2.24, 2.45) is 5.10 Å². The van der Waals surface area contributed by atoms with E-state index in [-0.39, 0.29) is 11.3 Å². The molecule has 0 saturated carbocycles. The van der Waals surface area contributed by atoms with Gasteiger partial charge in [-0.05, 0) is 52.7 Å². The Morgan fingerprint density at radius 3 is 2.79 bits per heavy atom. The largest absolute Gasteiger partial charge is 0.507 e. The molecule has 2 aromatic rings. The van der Waals surface area contributed by atoms with Gasteiger partial charge in [0.25, 0.3) is 5.91 Å². The van der Waals surface area contributed by atoms with Crippen LogP contribution in [0.2, 0.25) is 0 Å². The third-order valence-electron chi connectivity index (χ3n) is 3.06. The van der Waals surface area contributed by atoms with E-state index in [9.17, 15) is 9.90 Å². The van der Waals surface area contributed by atoms with Crippen molar-refractivity contribution in [3.05, 3.63) is 52.0 Å². The van der Waals surface area contributed by atoms with Crippen molar-refractivity contribution in [1.82, 2.24) is 5.43 Å². The average Bonchev–Trinajstić information content (AvgIpc) is 2.55. The van der Waals surface area contributed by atoms with Crippen LogP contribution in [0.15, 0.2) is 46.0 Å². The molecule has 0 aliphatic carbocycles. The minimum absolute atomic E-state index is 0.101. The molecule has 0 heterocycles. The van der Waals surface area contributed by atoms with Gasteiger partial charge in [-0.3, -0.25) is 4.79 Å². The summed E-state index contributed by atoms with van der Waals surface area (Å²) in [5, 5.41) is 13.5. The van der Waals surface area contributed by atoms with Gasteiger partial charge in [-0.15, -0.1) is 0 Å². The molecule has 1 amide bonds. The summed E-state index contributed by atoms with van der Waals surface area (Å²) in [4.78, 5) is 12.0. The fourth-order valence-corrected chi connectivity index (χ4v) is 2.64. The van der Waals surface area contributed by atoms with Crippen molar-refractivity contribution in [2.75, 3.05) is 13.7 Å². The second-order valence-electron chi connectivity index (χ2n) is 4.68. The number of benzene rings is 2. The van der Waals surface area contributed by atoms with E-state index in [1.807, 2.05) is 6.92 Å². The van der Waals surface area contributed by atoms with Crippen molar-refractivity contribution in [1.29, 1.82) is 0 Å². The zero-order valence-corrected chi connectivity index (χ0v) is 14.8. The Kier molecular flexibility index (Phi) is 6.20. The van der Waals surface area contributed by atoms with Gasteiger partial charge in [0.05, 0.1) is 30.0 Å². The Morgan fingerprint density at radius 1 is 1.38 bits per heavy atom. The highest BCUT2D eigenvalue weighted by Crippen LogP contribution is 2.36. The highest BCUT2D eigenvalue weighted by molar-refractivity contribution is 9.10. The molecule has 0 unspecified atom stereocenters. The topological polar surface area (TPSA) is 80.2 Å². The fourth-order valence-electron chi connectivity index (χ4n) is 2.01. The minimum atomic E-state index is -0.498. The Morgan fingerprint density at radius 2 is 2.12 bits per heavy atom. The Labute approximate surface area is 148 Å². The lowest BCUT2D eigenvalue weighted by Gasteiger charge is -2.11. The second kappa shape index (κ2) is 8.35. The van der Waals surface area contributed by atoms with Crippen LogP contribution in [0, 0.1) is 0 Å². The van der Waals surface area contributed by atoms with Crippen LogP contribution in [0.1, 0.15) is 22.8 Å². The number of aromatic hydroxyl groups is 1. The normalized spacial score (nSPS) is 10.6. The number of para-hydroxylation sites is 1. The van der Waals surface area contributed by atoms with Gasteiger partial charge in [0.15, 0.2) is 11.5 Å². The Bertz CT molecular complexity index is 762. The summed E-state index contributed by atoms with van der Waals surface area (Å²) >= 11 is 3.41. The summed E-state index contributed by atoms with van der Waals surface area (Å²) < 4.78 is 11.5. The molecule has 7 heteroatoms. The summed E-state index contributed by atoms with van der Waals surface area (Å²) in [5.41, 5.74) is 3.24. The maximum atomic E-state index is 12.0. The second-order valence-corrected chi connectivity index (χ2v) is 5.54. The maximum Gasteiger partial charge on any atom is 0.275 e. The molecule has 0 spiro atoms. The number of amides is 1. The zero-order valence-electron chi connectivity index (χ0n) is 13.2. The molecule has 0 aliphatic rings.